The fourth-order valence-corrected chi connectivity index (χ4v) is 2.00. The zero-order valence-corrected chi connectivity index (χ0v) is 10.6. The molecule has 1 aromatic rings. The van der Waals surface area contributed by atoms with E-state index in [2.05, 4.69) is 0 Å². The molecule has 19 heavy (non-hydrogen) atoms. The van der Waals surface area contributed by atoms with Gasteiger partial charge < -0.3 is 9.47 Å². The lowest BCUT2D eigenvalue weighted by Crippen LogP contribution is -2.30. The van der Waals surface area contributed by atoms with E-state index in [9.17, 15) is 14.9 Å². The maximum absolute atomic E-state index is 11.9. The van der Waals surface area contributed by atoms with E-state index in [4.69, 9.17) is 9.47 Å². The molecule has 0 aliphatic carbocycles. The fourth-order valence-electron chi connectivity index (χ4n) is 2.00. The van der Waals surface area contributed by atoms with Gasteiger partial charge in [0.25, 0.3) is 5.69 Å². The smallest absolute Gasteiger partial charge is 0.338 e. The Hall–Kier alpha value is -1.95. The van der Waals surface area contributed by atoms with E-state index >= 15 is 0 Å². The molecule has 1 fully saturated rings. The minimum atomic E-state index is -0.505. The molecule has 1 aromatic carbocycles. The first kappa shape index (κ1) is 13.5. The van der Waals surface area contributed by atoms with Gasteiger partial charge in [-0.1, -0.05) is 0 Å². The van der Waals surface area contributed by atoms with Crippen molar-refractivity contribution in [3.8, 4) is 0 Å². The summed E-state index contributed by atoms with van der Waals surface area (Å²) in [7, 11) is 0. The van der Waals surface area contributed by atoms with Crippen LogP contribution in [0, 0.1) is 10.1 Å². The number of benzene rings is 1. The van der Waals surface area contributed by atoms with Gasteiger partial charge in [0.05, 0.1) is 23.2 Å². The Morgan fingerprint density at radius 2 is 2.11 bits per heavy atom. The van der Waals surface area contributed by atoms with Crippen LogP contribution in [0.4, 0.5) is 5.69 Å². The first-order chi connectivity index (χ1) is 9.06. The van der Waals surface area contributed by atoms with Crippen LogP contribution in [0.1, 0.15) is 30.1 Å². The SMILES string of the molecule is CC1CC(OC(=O)c2ccc([N+](=O)[O-])cc2)CCO1. The number of carbonyl (C=O) groups is 1. The lowest BCUT2D eigenvalue weighted by molar-refractivity contribution is -0.384. The van der Waals surface area contributed by atoms with Gasteiger partial charge in [0.15, 0.2) is 0 Å². The summed E-state index contributed by atoms with van der Waals surface area (Å²) in [5.41, 5.74) is 0.279. The third-order valence-electron chi connectivity index (χ3n) is 3.02. The van der Waals surface area contributed by atoms with E-state index in [-0.39, 0.29) is 17.9 Å². The summed E-state index contributed by atoms with van der Waals surface area (Å²) < 4.78 is 10.7. The summed E-state index contributed by atoms with van der Waals surface area (Å²) in [6, 6.07) is 5.40. The van der Waals surface area contributed by atoms with Crippen LogP contribution in [0.3, 0.4) is 0 Å². The average molecular weight is 265 g/mol. The van der Waals surface area contributed by atoms with Crippen molar-refractivity contribution in [1.29, 1.82) is 0 Å². The summed E-state index contributed by atoms with van der Waals surface area (Å²) >= 11 is 0. The lowest BCUT2D eigenvalue weighted by Gasteiger charge is -2.26. The Kier molecular flexibility index (Phi) is 4.11. The normalized spacial score (nSPS) is 22.8. The molecule has 2 atom stereocenters. The van der Waals surface area contributed by atoms with Gasteiger partial charge in [-0.3, -0.25) is 10.1 Å². The van der Waals surface area contributed by atoms with Crippen molar-refractivity contribution in [2.24, 2.45) is 0 Å². The molecule has 6 heteroatoms. The van der Waals surface area contributed by atoms with Crippen LogP contribution in [0.15, 0.2) is 24.3 Å². The van der Waals surface area contributed by atoms with Gasteiger partial charge in [0, 0.05) is 25.0 Å². The summed E-state index contributed by atoms with van der Waals surface area (Å²) in [5.74, 6) is -0.450. The van der Waals surface area contributed by atoms with Gasteiger partial charge in [-0.25, -0.2) is 4.79 Å². The zero-order valence-electron chi connectivity index (χ0n) is 10.6. The van der Waals surface area contributed by atoms with Gasteiger partial charge >= 0.3 is 5.97 Å². The Morgan fingerprint density at radius 1 is 1.42 bits per heavy atom. The molecule has 1 aliphatic rings. The zero-order chi connectivity index (χ0) is 13.8. The second-order valence-corrected chi connectivity index (χ2v) is 4.54. The summed E-state index contributed by atoms with van der Waals surface area (Å²) in [6.45, 7) is 2.52. The highest BCUT2D eigenvalue weighted by Gasteiger charge is 2.23. The van der Waals surface area contributed by atoms with Crippen LogP contribution in [0.25, 0.3) is 0 Å². The summed E-state index contributed by atoms with van der Waals surface area (Å²) in [5, 5.41) is 10.5. The third-order valence-corrected chi connectivity index (χ3v) is 3.02. The van der Waals surface area contributed by atoms with Crippen LogP contribution < -0.4 is 0 Å². The van der Waals surface area contributed by atoms with E-state index in [1.54, 1.807) is 0 Å². The van der Waals surface area contributed by atoms with Crippen molar-refractivity contribution in [2.45, 2.75) is 32.0 Å². The minimum absolute atomic E-state index is 0.0451. The van der Waals surface area contributed by atoms with E-state index in [0.717, 1.165) is 0 Å². The van der Waals surface area contributed by atoms with E-state index in [1.165, 1.54) is 24.3 Å². The van der Waals surface area contributed by atoms with Crippen LogP contribution in [0.5, 0.6) is 0 Å². The molecular formula is C13H15NO5. The number of esters is 1. The Morgan fingerprint density at radius 3 is 2.68 bits per heavy atom. The third kappa shape index (κ3) is 3.51. The number of carbonyl (C=O) groups excluding carboxylic acids is 1. The molecular weight excluding hydrogens is 250 g/mol. The molecule has 102 valence electrons. The second kappa shape index (κ2) is 5.79. The molecule has 2 rings (SSSR count). The number of nitro benzene ring substituents is 1. The first-order valence-corrected chi connectivity index (χ1v) is 6.13. The molecule has 0 spiro atoms. The highest BCUT2D eigenvalue weighted by atomic mass is 16.6. The second-order valence-electron chi connectivity index (χ2n) is 4.54. The topological polar surface area (TPSA) is 78.7 Å². The molecule has 0 aromatic heterocycles. The number of hydrogen-bond acceptors (Lipinski definition) is 5. The number of hydrogen-bond donors (Lipinski definition) is 0. The van der Waals surface area contributed by atoms with Gasteiger partial charge in [-0.2, -0.15) is 0 Å². The Labute approximate surface area is 110 Å². The quantitative estimate of drug-likeness (QED) is 0.476. The number of nitro groups is 1. The molecule has 0 saturated carbocycles. The summed E-state index contributed by atoms with van der Waals surface area (Å²) in [4.78, 5) is 21.9. The highest BCUT2D eigenvalue weighted by molar-refractivity contribution is 5.89. The van der Waals surface area contributed by atoms with Crippen LogP contribution in [0.2, 0.25) is 0 Å². The summed E-state index contributed by atoms with van der Waals surface area (Å²) in [6.07, 6.45) is 1.30. The Bertz CT molecular complexity index is 470. The van der Waals surface area contributed by atoms with Gasteiger partial charge in [0.1, 0.15) is 6.10 Å². The van der Waals surface area contributed by atoms with E-state index in [1.807, 2.05) is 6.92 Å². The van der Waals surface area contributed by atoms with Crippen molar-refractivity contribution in [1.82, 2.24) is 0 Å². The van der Waals surface area contributed by atoms with Crippen molar-refractivity contribution in [2.75, 3.05) is 6.61 Å². The number of rotatable bonds is 3. The maximum atomic E-state index is 11.9. The van der Waals surface area contributed by atoms with Crippen molar-refractivity contribution in [3.63, 3.8) is 0 Å². The predicted octanol–water partition coefficient (Wildman–Crippen LogP) is 2.32. The molecule has 0 radical (unpaired) electrons. The van der Waals surface area contributed by atoms with Gasteiger partial charge in [-0.05, 0) is 19.1 Å². The largest absolute Gasteiger partial charge is 0.459 e. The molecule has 0 bridgehead atoms. The van der Waals surface area contributed by atoms with Crippen LogP contribution in [-0.2, 0) is 9.47 Å². The fraction of sp³-hybridized carbons (Fsp3) is 0.462. The monoisotopic (exact) mass is 265 g/mol. The molecule has 1 heterocycles. The molecule has 6 nitrogen and oxygen atoms in total. The van der Waals surface area contributed by atoms with Crippen molar-refractivity contribution >= 4 is 11.7 Å². The predicted molar refractivity (Wildman–Crippen MR) is 66.9 cm³/mol. The molecule has 0 N–H and O–H groups in total. The van der Waals surface area contributed by atoms with Gasteiger partial charge in [0.2, 0.25) is 0 Å². The van der Waals surface area contributed by atoms with Crippen LogP contribution >= 0.6 is 0 Å². The van der Waals surface area contributed by atoms with E-state index < -0.39 is 10.9 Å². The maximum Gasteiger partial charge on any atom is 0.338 e. The van der Waals surface area contributed by atoms with Gasteiger partial charge in [-0.15, -0.1) is 0 Å². The lowest BCUT2D eigenvalue weighted by atomic mass is 10.1. The Balaban J connectivity index is 1.97. The standard InChI is InChI=1S/C13H15NO5/c1-9-8-12(6-7-18-9)19-13(15)10-2-4-11(5-3-10)14(16)17/h2-5,9,12H,6-8H2,1H3. The van der Waals surface area contributed by atoms with Crippen molar-refractivity contribution in [3.05, 3.63) is 39.9 Å². The number of ether oxygens (including phenoxy) is 2. The number of non-ortho nitro benzene ring substituents is 1. The average Bonchev–Trinajstić information content (AvgIpc) is 2.39. The number of nitrogens with zero attached hydrogens (tertiary/aromatic N) is 1. The van der Waals surface area contributed by atoms with E-state index in [0.29, 0.717) is 25.0 Å². The van der Waals surface area contributed by atoms with Crippen molar-refractivity contribution < 1.29 is 19.2 Å². The molecule has 1 saturated heterocycles. The van der Waals surface area contributed by atoms with Crippen LogP contribution in [-0.4, -0.2) is 29.7 Å². The molecule has 2 unspecified atom stereocenters. The molecule has 1 aliphatic heterocycles. The molecule has 0 amide bonds. The first-order valence-electron chi connectivity index (χ1n) is 6.13. The highest BCUT2D eigenvalue weighted by Crippen LogP contribution is 2.19. The minimum Gasteiger partial charge on any atom is -0.459 e.